The molecule has 1 aromatic rings. The number of methoxy groups -OCH3 is 1. The van der Waals surface area contributed by atoms with Crippen LogP contribution in [0.3, 0.4) is 0 Å². The number of nitrogens with one attached hydrogen (secondary N) is 1. The van der Waals surface area contributed by atoms with Crippen molar-refractivity contribution in [1.82, 2.24) is 5.32 Å². The maximum atomic E-state index is 12.3. The van der Waals surface area contributed by atoms with Crippen LogP contribution in [0.2, 0.25) is 0 Å². The summed E-state index contributed by atoms with van der Waals surface area (Å²) in [4.78, 5) is 12.3. The topological polar surface area (TPSA) is 47.6 Å². The third-order valence-electron chi connectivity index (χ3n) is 3.58. The van der Waals surface area contributed by atoms with Gasteiger partial charge in [-0.3, -0.25) is 4.79 Å². The highest BCUT2D eigenvalue weighted by Crippen LogP contribution is 2.29. The van der Waals surface area contributed by atoms with Gasteiger partial charge in [-0.05, 0) is 51.3 Å². The number of ether oxygens (including phenoxy) is 2. The molecule has 0 spiro atoms. The summed E-state index contributed by atoms with van der Waals surface area (Å²) in [6.45, 7) is 10.4. The third-order valence-corrected chi connectivity index (χ3v) is 3.58. The monoisotopic (exact) mass is 321 g/mol. The Morgan fingerprint density at radius 3 is 2.35 bits per heavy atom. The fourth-order valence-electron chi connectivity index (χ4n) is 2.37. The first-order valence-corrected chi connectivity index (χ1v) is 8.49. The number of rotatable bonds is 9. The Balaban J connectivity index is 2.65. The summed E-state index contributed by atoms with van der Waals surface area (Å²) >= 11 is 0. The van der Waals surface area contributed by atoms with Gasteiger partial charge in [0.1, 0.15) is 0 Å². The number of hydrogen-bond donors (Lipinski definition) is 1. The minimum Gasteiger partial charge on any atom is -0.493 e. The maximum absolute atomic E-state index is 12.3. The zero-order chi connectivity index (χ0) is 17.4. The molecule has 130 valence electrons. The molecular formula is C19H31NO3. The number of benzene rings is 1. The van der Waals surface area contributed by atoms with Crippen LogP contribution in [0.15, 0.2) is 18.2 Å². The number of carbonyl (C=O) groups is 1. The average molecular weight is 321 g/mol. The molecule has 1 rings (SSSR count). The van der Waals surface area contributed by atoms with E-state index < -0.39 is 0 Å². The lowest BCUT2D eigenvalue weighted by atomic mass is 10.0. The second kappa shape index (κ2) is 9.43. The van der Waals surface area contributed by atoms with Gasteiger partial charge in [-0.25, -0.2) is 0 Å². The van der Waals surface area contributed by atoms with Gasteiger partial charge in [0.25, 0.3) is 5.91 Å². The van der Waals surface area contributed by atoms with Crippen LogP contribution >= 0.6 is 0 Å². The molecule has 1 unspecified atom stereocenters. The van der Waals surface area contributed by atoms with Crippen LogP contribution in [-0.4, -0.2) is 25.2 Å². The normalized spacial score (nSPS) is 12.3. The first-order chi connectivity index (χ1) is 10.8. The van der Waals surface area contributed by atoms with Crippen LogP contribution in [0.4, 0.5) is 0 Å². The number of amides is 1. The van der Waals surface area contributed by atoms with E-state index in [2.05, 4.69) is 19.2 Å². The molecule has 0 aliphatic rings. The fourth-order valence-corrected chi connectivity index (χ4v) is 2.37. The molecule has 4 heteroatoms. The van der Waals surface area contributed by atoms with Crippen molar-refractivity contribution < 1.29 is 14.3 Å². The molecule has 0 aliphatic carbocycles. The van der Waals surface area contributed by atoms with Crippen molar-refractivity contribution in [1.29, 1.82) is 0 Å². The molecular weight excluding hydrogens is 290 g/mol. The molecule has 0 radical (unpaired) electrons. The van der Waals surface area contributed by atoms with Crippen molar-refractivity contribution in [3.05, 3.63) is 23.8 Å². The van der Waals surface area contributed by atoms with Gasteiger partial charge in [0.15, 0.2) is 11.5 Å². The number of carbonyl (C=O) groups excluding carboxylic acids is 1. The van der Waals surface area contributed by atoms with Gasteiger partial charge in [-0.2, -0.15) is 0 Å². The Morgan fingerprint density at radius 2 is 1.78 bits per heavy atom. The van der Waals surface area contributed by atoms with Crippen molar-refractivity contribution >= 4 is 5.91 Å². The van der Waals surface area contributed by atoms with E-state index in [-0.39, 0.29) is 18.1 Å². The number of hydrogen-bond acceptors (Lipinski definition) is 3. The molecule has 0 aliphatic heterocycles. The summed E-state index contributed by atoms with van der Waals surface area (Å²) in [5.41, 5.74) is 0.591. The van der Waals surface area contributed by atoms with Gasteiger partial charge in [0.2, 0.25) is 0 Å². The fraction of sp³-hybridized carbons (Fsp3) is 0.632. The Labute approximate surface area is 140 Å². The smallest absolute Gasteiger partial charge is 0.251 e. The minimum absolute atomic E-state index is 0.0598. The molecule has 0 saturated carbocycles. The Kier molecular flexibility index (Phi) is 7.93. The summed E-state index contributed by atoms with van der Waals surface area (Å²) in [6.07, 6.45) is 3.37. The van der Waals surface area contributed by atoms with Gasteiger partial charge in [-0.15, -0.1) is 0 Å². The van der Waals surface area contributed by atoms with Crippen LogP contribution in [0.5, 0.6) is 11.5 Å². The maximum Gasteiger partial charge on any atom is 0.251 e. The predicted molar refractivity (Wildman–Crippen MR) is 94.4 cm³/mol. The highest BCUT2D eigenvalue weighted by atomic mass is 16.5. The first kappa shape index (κ1) is 19.3. The van der Waals surface area contributed by atoms with Crippen molar-refractivity contribution in [2.45, 2.75) is 66.0 Å². The Bertz CT molecular complexity index is 497. The lowest BCUT2D eigenvalue weighted by Crippen LogP contribution is -2.32. The lowest BCUT2D eigenvalue weighted by molar-refractivity contribution is 0.0937. The van der Waals surface area contributed by atoms with Gasteiger partial charge in [0.05, 0.1) is 13.2 Å². The van der Waals surface area contributed by atoms with E-state index in [1.54, 1.807) is 25.3 Å². The molecule has 0 aromatic heterocycles. The first-order valence-electron chi connectivity index (χ1n) is 8.49. The summed E-state index contributed by atoms with van der Waals surface area (Å²) in [7, 11) is 1.58. The minimum atomic E-state index is -0.0727. The van der Waals surface area contributed by atoms with Gasteiger partial charge < -0.3 is 14.8 Å². The van der Waals surface area contributed by atoms with Crippen LogP contribution in [-0.2, 0) is 0 Å². The van der Waals surface area contributed by atoms with Crippen molar-refractivity contribution in [2.75, 3.05) is 7.11 Å². The molecule has 0 saturated heterocycles. The molecule has 1 atom stereocenters. The van der Waals surface area contributed by atoms with Crippen molar-refractivity contribution in [2.24, 2.45) is 5.92 Å². The summed E-state index contributed by atoms with van der Waals surface area (Å²) in [5.74, 6) is 1.87. The van der Waals surface area contributed by atoms with E-state index in [1.165, 1.54) is 6.42 Å². The Morgan fingerprint density at radius 1 is 1.09 bits per heavy atom. The molecule has 0 fully saturated rings. The zero-order valence-electron chi connectivity index (χ0n) is 15.3. The SMILES string of the molecule is COc1cc(C(=O)NC(C)CCCC(C)C)ccc1OC(C)C. The van der Waals surface area contributed by atoms with E-state index in [0.29, 0.717) is 23.0 Å². The Hall–Kier alpha value is -1.71. The van der Waals surface area contributed by atoms with E-state index in [0.717, 1.165) is 12.8 Å². The van der Waals surface area contributed by atoms with Crippen LogP contribution < -0.4 is 14.8 Å². The lowest BCUT2D eigenvalue weighted by Gasteiger charge is -2.16. The third kappa shape index (κ3) is 6.93. The molecule has 1 aromatic carbocycles. The van der Waals surface area contributed by atoms with E-state index >= 15 is 0 Å². The van der Waals surface area contributed by atoms with Gasteiger partial charge in [-0.1, -0.05) is 26.7 Å². The van der Waals surface area contributed by atoms with Crippen LogP contribution in [0.25, 0.3) is 0 Å². The van der Waals surface area contributed by atoms with Crippen molar-refractivity contribution in [3.63, 3.8) is 0 Å². The van der Waals surface area contributed by atoms with Crippen LogP contribution in [0, 0.1) is 5.92 Å². The quantitative estimate of drug-likeness (QED) is 0.732. The van der Waals surface area contributed by atoms with Crippen molar-refractivity contribution in [3.8, 4) is 11.5 Å². The second-order valence-corrected chi connectivity index (χ2v) is 6.73. The highest BCUT2D eigenvalue weighted by molar-refractivity contribution is 5.95. The van der Waals surface area contributed by atoms with Crippen LogP contribution in [0.1, 0.15) is 64.2 Å². The highest BCUT2D eigenvalue weighted by Gasteiger charge is 2.14. The molecule has 4 nitrogen and oxygen atoms in total. The predicted octanol–water partition coefficient (Wildman–Crippen LogP) is 4.43. The standard InChI is InChI=1S/C19H31NO3/c1-13(2)8-7-9-15(5)20-19(21)16-10-11-17(23-14(3)4)18(12-16)22-6/h10-15H,7-9H2,1-6H3,(H,20,21). The summed E-state index contributed by atoms with van der Waals surface area (Å²) in [6, 6.07) is 5.46. The zero-order valence-corrected chi connectivity index (χ0v) is 15.3. The van der Waals surface area contributed by atoms with E-state index in [9.17, 15) is 4.79 Å². The molecule has 23 heavy (non-hydrogen) atoms. The molecule has 0 heterocycles. The molecule has 1 N–H and O–H groups in total. The second-order valence-electron chi connectivity index (χ2n) is 6.73. The summed E-state index contributed by atoms with van der Waals surface area (Å²) < 4.78 is 11.0. The molecule has 0 bridgehead atoms. The largest absolute Gasteiger partial charge is 0.493 e. The summed E-state index contributed by atoms with van der Waals surface area (Å²) in [5, 5.41) is 3.05. The van der Waals surface area contributed by atoms with Gasteiger partial charge >= 0.3 is 0 Å². The average Bonchev–Trinajstić information content (AvgIpc) is 2.46. The van der Waals surface area contributed by atoms with Gasteiger partial charge in [0, 0.05) is 11.6 Å². The van der Waals surface area contributed by atoms with E-state index in [4.69, 9.17) is 9.47 Å². The molecule has 1 amide bonds. The van der Waals surface area contributed by atoms with E-state index in [1.807, 2.05) is 20.8 Å².